The minimum absolute atomic E-state index is 0.170. The molecule has 0 saturated heterocycles. The van der Waals surface area contributed by atoms with Crippen molar-refractivity contribution in [3.8, 4) is 22.8 Å². The van der Waals surface area contributed by atoms with E-state index in [1.165, 1.54) is 11.8 Å². The zero-order valence-corrected chi connectivity index (χ0v) is 19.1. The normalized spacial score (nSPS) is 11.7. The van der Waals surface area contributed by atoms with E-state index >= 15 is 0 Å². The number of benzene rings is 3. The number of amides is 1. The number of para-hydroxylation sites is 2. The molecule has 1 heterocycles. The quantitative estimate of drug-likeness (QED) is 0.354. The van der Waals surface area contributed by atoms with Crippen LogP contribution in [0.4, 0.5) is 5.69 Å². The fraction of sp³-hybridized carbons (Fsp3) is 0.125. The summed E-state index contributed by atoms with van der Waals surface area (Å²) in [4.78, 5) is 12.8. The molecule has 1 unspecified atom stereocenters. The first-order valence-corrected chi connectivity index (χ1v) is 11.2. The van der Waals surface area contributed by atoms with Crippen molar-refractivity contribution in [3.05, 3.63) is 83.9 Å². The molecule has 8 heteroatoms. The maximum absolute atomic E-state index is 12.8. The minimum Gasteiger partial charge on any atom is -0.497 e. The SMILES string of the molecule is COc1ccc(-c2nnc(SC(C)C(=O)Nc3ccccc3Cl)n2-c2ccccc2)cc1. The van der Waals surface area contributed by atoms with Crippen LogP contribution < -0.4 is 10.1 Å². The van der Waals surface area contributed by atoms with Crippen molar-refractivity contribution in [1.82, 2.24) is 14.8 Å². The van der Waals surface area contributed by atoms with E-state index in [2.05, 4.69) is 15.5 Å². The lowest BCUT2D eigenvalue weighted by Crippen LogP contribution is -2.23. The lowest BCUT2D eigenvalue weighted by atomic mass is 10.2. The first-order valence-electron chi connectivity index (χ1n) is 9.94. The molecule has 0 bridgehead atoms. The summed E-state index contributed by atoms with van der Waals surface area (Å²) in [5.41, 5.74) is 2.38. The molecule has 0 spiro atoms. The Bertz CT molecular complexity index is 1210. The molecule has 1 aromatic heterocycles. The number of rotatable bonds is 7. The highest BCUT2D eigenvalue weighted by molar-refractivity contribution is 8.00. The number of nitrogens with zero attached hydrogens (tertiary/aromatic N) is 3. The van der Waals surface area contributed by atoms with Gasteiger partial charge in [-0.15, -0.1) is 10.2 Å². The van der Waals surface area contributed by atoms with Gasteiger partial charge in [0.05, 0.1) is 23.1 Å². The van der Waals surface area contributed by atoms with Gasteiger partial charge in [-0.2, -0.15) is 0 Å². The monoisotopic (exact) mass is 464 g/mol. The topological polar surface area (TPSA) is 69.0 Å². The Morgan fingerprint density at radius 1 is 1.00 bits per heavy atom. The Morgan fingerprint density at radius 2 is 1.69 bits per heavy atom. The fourth-order valence-electron chi connectivity index (χ4n) is 3.09. The second-order valence-electron chi connectivity index (χ2n) is 6.93. The summed E-state index contributed by atoms with van der Waals surface area (Å²) in [6, 6.07) is 24.6. The van der Waals surface area contributed by atoms with Crippen LogP contribution in [0.25, 0.3) is 17.1 Å². The van der Waals surface area contributed by atoms with Crippen LogP contribution in [0.3, 0.4) is 0 Å². The van der Waals surface area contributed by atoms with E-state index < -0.39 is 5.25 Å². The third kappa shape index (κ3) is 4.79. The highest BCUT2D eigenvalue weighted by Gasteiger charge is 2.22. The molecular weight excluding hydrogens is 444 g/mol. The van der Waals surface area contributed by atoms with Crippen LogP contribution in [0.15, 0.2) is 84.0 Å². The number of aromatic nitrogens is 3. The Labute approximate surface area is 195 Å². The van der Waals surface area contributed by atoms with Gasteiger partial charge in [-0.3, -0.25) is 9.36 Å². The van der Waals surface area contributed by atoms with E-state index in [1.807, 2.05) is 78.2 Å². The van der Waals surface area contributed by atoms with Gasteiger partial charge >= 0.3 is 0 Å². The largest absolute Gasteiger partial charge is 0.497 e. The standard InChI is InChI=1S/C24H21ClN4O2S/c1-16(23(30)26-21-11-7-6-10-20(21)25)32-24-28-27-22(17-12-14-19(31-2)15-13-17)29(24)18-8-4-3-5-9-18/h3-16H,1-2H3,(H,26,30). The van der Waals surface area contributed by atoms with E-state index in [0.29, 0.717) is 21.7 Å². The molecule has 1 amide bonds. The zero-order valence-electron chi connectivity index (χ0n) is 17.5. The van der Waals surface area contributed by atoms with Crippen LogP contribution in [0.1, 0.15) is 6.92 Å². The lowest BCUT2D eigenvalue weighted by Gasteiger charge is -2.14. The summed E-state index contributed by atoms with van der Waals surface area (Å²) in [6.45, 7) is 1.83. The van der Waals surface area contributed by atoms with E-state index in [-0.39, 0.29) is 5.91 Å². The average molecular weight is 465 g/mol. The Morgan fingerprint density at radius 3 is 2.38 bits per heavy atom. The zero-order chi connectivity index (χ0) is 22.5. The summed E-state index contributed by atoms with van der Waals surface area (Å²) in [7, 11) is 1.63. The second-order valence-corrected chi connectivity index (χ2v) is 8.65. The number of carbonyl (C=O) groups is 1. The van der Waals surface area contributed by atoms with Crippen molar-refractivity contribution in [3.63, 3.8) is 0 Å². The summed E-state index contributed by atoms with van der Waals surface area (Å²) in [5.74, 6) is 1.27. The number of hydrogen-bond donors (Lipinski definition) is 1. The van der Waals surface area contributed by atoms with Crippen molar-refractivity contribution >= 4 is 35.0 Å². The molecule has 0 aliphatic heterocycles. The predicted molar refractivity (Wildman–Crippen MR) is 129 cm³/mol. The molecule has 162 valence electrons. The van der Waals surface area contributed by atoms with Gasteiger partial charge in [-0.1, -0.05) is 53.7 Å². The first kappa shape index (κ1) is 21.9. The summed E-state index contributed by atoms with van der Waals surface area (Å²) in [6.07, 6.45) is 0. The average Bonchev–Trinajstić information content (AvgIpc) is 3.24. The molecule has 0 aliphatic rings. The molecule has 0 aliphatic carbocycles. The van der Waals surface area contributed by atoms with Gasteiger partial charge in [0.1, 0.15) is 5.75 Å². The van der Waals surface area contributed by atoms with Gasteiger partial charge in [-0.05, 0) is 55.5 Å². The molecule has 3 aromatic carbocycles. The van der Waals surface area contributed by atoms with E-state index in [1.54, 1.807) is 19.2 Å². The first-order chi connectivity index (χ1) is 15.6. The highest BCUT2D eigenvalue weighted by Crippen LogP contribution is 2.31. The Hall–Kier alpha value is -3.29. The number of nitrogens with one attached hydrogen (secondary N) is 1. The van der Waals surface area contributed by atoms with Gasteiger partial charge < -0.3 is 10.1 Å². The van der Waals surface area contributed by atoms with Crippen LogP contribution in [0.5, 0.6) is 5.75 Å². The summed E-state index contributed by atoms with van der Waals surface area (Å²) < 4.78 is 7.21. The smallest absolute Gasteiger partial charge is 0.237 e. The molecule has 0 fully saturated rings. The molecule has 1 N–H and O–H groups in total. The molecule has 0 radical (unpaired) electrons. The van der Waals surface area contributed by atoms with Gasteiger partial charge in [-0.25, -0.2) is 0 Å². The number of methoxy groups -OCH3 is 1. The third-order valence-electron chi connectivity index (χ3n) is 4.78. The molecule has 6 nitrogen and oxygen atoms in total. The fourth-order valence-corrected chi connectivity index (χ4v) is 4.14. The van der Waals surface area contributed by atoms with Crippen molar-refractivity contribution in [1.29, 1.82) is 0 Å². The Balaban J connectivity index is 1.64. The highest BCUT2D eigenvalue weighted by atomic mass is 35.5. The van der Waals surface area contributed by atoms with Crippen molar-refractivity contribution in [2.75, 3.05) is 12.4 Å². The molecule has 4 aromatic rings. The molecule has 4 rings (SSSR count). The lowest BCUT2D eigenvalue weighted by molar-refractivity contribution is -0.115. The van der Waals surface area contributed by atoms with E-state index in [4.69, 9.17) is 16.3 Å². The second kappa shape index (κ2) is 9.89. The van der Waals surface area contributed by atoms with Crippen molar-refractivity contribution < 1.29 is 9.53 Å². The van der Waals surface area contributed by atoms with E-state index in [9.17, 15) is 4.79 Å². The molecular formula is C24H21ClN4O2S. The van der Waals surface area contributed by atoms with Crippen LogP contribution in [0, 0.1) is 0 Å². The number of anilines is 1. The number of carbonyl (C=O) groups excluding carboxylic acids is 1. The van der Waals surface area contributed by atoms with Gasteiger partial charge in [0.25, 0.3) is 0 Å². The third-order valence-corrected chi connectivity index (χ3v) is 6.15. The van der Waals surface area contributed by atoms with Gasteiger partial charge in [0, 0.05) is 11.3 Å². The number of ether oxygens (including phenoxy) is 1. The van der Waals surface area contributed by atoms with Gasteiger partial charge in [0.2, 0.25) is 5.91 Å². The number of halogens is 1. The summed E-state index contributed by atoms with van der Waals surface area (Å²) >= 11 is 7.51. The summed E-state index contributed by atoms with van der Waals surface area (Å²) in [5, 5.41) is 12.4. The van der Waals surface area contributed by atoms with Crippen molar-refractivity contribution in [2.45, 2.75) is 17.3 Å². The minimum atomic E-state index is -0.429. The van der Waals surface area contributed by atoms with Crippen LogP contribution in [0.2, 0.25) is 5.02 Å². The van der Waals surface area contributed by atoms with Crippen LogP contribution in [-0.2, 0) is 4.79 Å². The maximum atomic E-state index is 12.8. The number of hydrogen-bond acceptors (Lipinski definition) is 5. The molecule has 0 saturated carbocycles. The van der Waals surface area contributed by atoms with Crippen molar-refractivity contribution in [2.24, 2.45) is 0 Å². The number of thioether (sulfide) groups is 1. The maximum Gasteiger partial charge on any atom is 0.237 e. The van der Waals surface area contributed by atoms with Gasteiger partial charge in [0.15, 0.2) is 11.0 Å². The Kier molecular flexibility index (Phi) is 6.78. The molecule has 32 heavy (non-hydrogen) atoms. The van der Waals surface area contributed by atoms with Crippen LogP contribution in [-0.4, -0.2) is 33.0 Å². The molecule has 1 atom stereocenters. The predicted octanol–water partition coefficient (Wildman–Crippen LogP) is 5.72. The van der Waals surface area contributed by atoms with E-state index in [0.717, 1.165) is 17.0 Å². The van der Waals surface area contributed by atoms with Crippen LogP contribution >= 0.6 is 23.4 Å².